The molecule has 0 spiro atoms. The number of piperidine rings is 1. The first-order valence-corrected chi connectivity index (χ1v) is 11.1. The smallest absolute Gasteiger partial charge is 0.245 e. The van der Waals surface area contributed by atoms with Crippen molar-refractivity contribution in [1.29, 1.82) is 0 Å². The van der Waals surface area contributed by atoms with Crippen molar-refractivity contribution >= 4 is 38.7 Å². The molecule has 1 N–H and O–H groups in total. The Bertz CT molecular complexity index is 881. The van der Waals surface area contributed by atoms with E-state index in [2.05, 4.69) is 21.0 Å². The van der Waals surface area contributed by atoms with Crippen molar-refractivity contribution in [3.63, 3.8) is 0 Å². The van der Waals surface area contributed by atoms with Crippen molar-refractivity contribution in [1.82, 2.24) is 18.4 Å². The molecule has 3 rings (SSSR count). The van der Waals surface area contributed by atoms with E-state index in [1.54, 1.807) is 18.2 Å². The number of fused-ring (bicyclic) bond motifs is 1. The van der Waals surface area contributed by atoms with E-state index in [0.29, 0.717) is 30.4 Å². The van der Waals surface area contributed by atoms with Gasteiger partial charge in [-0.3, -0.25) is 4.79 Å². The topological polar surface area (TPSA) is 92.3 Å². The molecule has 2 atom stereocenters. The summed E-state index contributed by atoms with van der Waals surface area (Å²) in [6.07, 6.45) is 3.30. The molecule has 0 aliphatic carbocycles. The minimum atomic E-state index is -3.74. The maximum Gasteiger partial charge on any atom is 0.245 e. The van der Waals surface area contributed by atoms with Crippen LogP contribution in [0.25, 0.3) is 11.0 Å². The number of nitrogens with one attached hydrogen (secondary N) is 1. The summed E-state index contributed by atoms with van der Waals surface area (Å²) in [7, 11) is -3.74. The molecule has 1 aromatic heterocycles. The number of amides is 1. The van der Waals surface area contributed by atoms with E-state index in [9.17, 15) is 13.2 Å². The molecular weight excluding hydrogens is 372 g/mol. The highest BCUT2D eigenvalue weighted by Crippen LogP contribution is 2.31. The molecular formula is C17H24N4O3S2. The van der Waals surface area contributed by atoms with E-state index >= 15 is 0 Å². The summed E-state index contributed by atoms with van der Waals surface area (Å²) in [5.74, 6) is -0.371. The van der Waals surface area contributed by atoms with Crippen LogP contribution in [0.1, 0.15) is 39.5 Å². The summed E-state index contributed by atoms with van der Waals surface area (Å²) in [6.45, 7) is 4.80. The number of sulfonamides is 1. The average Bonchev–Trinajstić information content (AvgIpc) is 3.10. The third-order valence-electron chi connectivity index (χ3n) is 4.86. The van der Waals surface area contributed by atoms with Crippen LogP contribution in [0.15, 0.2) is 23.1 Å². The molecule has 2 heterocycles. The van der Waals surface area contributed by atoms with Gasteiger partial charge in [0.1, 0.15) is 15.9 Å². The highest BCUT2D eigenvalue weighted by atomic mass is 32.2. The van der Waals surface area contributed by atoms with Gasteiger partial charge in [-0.05, 0) is 38.3 Å². The second-order valence-electron chi connectivity index (χ2n) is 6.73. The van der Waals surface area contributed by atoms with Crippen molar-refractivity contribution in [2.75, 3.05) is 13.1 Å². The van der Waals surface area contributed by atoms with Gasteiger partial charge >= 0.3 is 0 Å². The van der Waals surface area contributed by atoms with Crippen LogP contribution >= 0.6 is 11.7 Å². The van der Waals surface area contributed by atoms with Crippen LogP contribution in [-0.2, 0) is 14.8 Å². The largest absolute Gasteiger partial charge is 0.356 e. The van der Waals surface area contributed by atoms with Crippen LogP contribution in [0.4, 0.5) is 0 Å². The van der Waals surface area contributed by atoms with Crippen molar-refractivity contribution < 1.29 is 13.2 Å². The van der Waals surface area contributed by atoms with Gasteiger partial charge in [-0.15, -0.1) is 0 Å². The lowest BCUT2D eigenvalue weighted by atomic mass is 9.94. The Morgan fingerprint density at radius 3 is 2.92 bits per heavy atom. The van der Waals surface area contributed by atoms with E-state index < -0.39 is 10.0 Å². The minimum absolute atomic E-state index is 0.0564. The first-order chi connectivity index (χ1) is 12.4. The third-order valence-corrected chi connectivity index (χ3v) is 7.42. The van der Waals surface area contributed by atoms with Crippen LogP contribution in [0, 0.1) is 5.92 Å². The van der Waals surface area contributed by atoms with Crippen molar-refractivity contribution in [2.24, 2.45) is 5.92 Å². The zero-order valence-electron chi connectivity index (χ0n) is 15.0. The molecule has 2 unspecified atom stereocenters. The average molecular weight is 397 g/mol. The van der Waals surface area contributed by atoms with Gasteiger partial charge in [0.15, 0.2) is 0 Å². The monoisotopic (exact) mass is 396 g/mol. The number of hydrogen-bond acceptors (Lipinski definition) is 6. The maximum atomic E-state index is 13.3. The minimum Gasteiger partial charge on any atom is -0.356 e. The third kappa shape index (κ3) is 3.74. The second-order valence-corrected chi connectivity index (χ2v) is 9.12. The lowest BCUT2D eigenvalue weighted by Gasteiger charge is -2.36. The van der Waals surface area contributed by atoms with Gasteiger partial charge in [0.2, 0.25) is 15.9 Å². The summed E-state index contributed by atoms with van der Waals surface area (Å²) in [5, 5.41) is 2.92. The molecule has 0 radical (unpaired) electrons. The number of carbonyl (C=O) groups is 1. The fourth-order valence-corrected chi connectivity index (χ4v) is 5.73. The predicted molar refractivity (Wildman–Crippen MR) is 101 cm³/mol. The number of aromatic nitrogens is 2. The van der Waals surface area contributed by atoms with E-state index in [1.807, 2.05) is 6.92 Å². The maximum absolute atomic E-state index is 13.3. The van der Waals surface area contributed by atoms with Gasteiger partial charge in [0, 0.05) is 19.1 Å². The first kappa shape index (κ1) is 19.2. The van der Waals surface area contributed by atoms with E-state index in [1.165, 1.54) is 4.31 Å². The SMILES string of the molecule is CCCCNC(=O)C1CCC(C)N(S(=O)(=O)c2cccc3nsnc23)C1. The quantitative estimate of drug-likeness (QED) is 0.757. The van der Waals surface area contributed by atoms with Gasteiger partial charge in [0.05, 0.1) is 17.6 Å². The standard InChI is InChI=1S/C17H24N4O3S2/c1-3-4-10-18-17(22)13-9-8-12(2)21(11-13)26(23,24)15-7-5-6-14-16(15)20-25-19-14/h5-7,12-13H,3-4,8-11H2,1-2H3,(H,18,22). The summed E-state index contributed by atoms with van der Waals surface area (Å²) in [5.41, 5.74) is 0.980. The number of hydrogen-bond donors (Lipinski definition) is 1. The van der Waals surface area contributed by atoms with Crippen LogP contribution in [-0.4, -0.2) is 46.5 Å². The first-order valence-electron chi connectivity index (χ1n) is 8.96. The zero-order chi connectivity index (χ0) is 18.7. The van der Waals surface area contributed by atoms with E-state index in [4.69, 9.17) is 0 Å². The van der Waals surface area contributed by atoms with Gasteiger partial charge in [-0.1, -0.05) is 19.4 Å². The number of nitrogens with zero attached hydrogens (tertiary/aromatic N) is 3. The Morgan fingerprint density at radius 1 is 1.35 bits per heavy atom. The molecule has 1 fully saturated rings. The molecule has 26 heavy (non-hydrogen) atoms. The molecule has 1 saturated heterocycles. The van der Waals surface area contributed by atoms with E-state index in [0.717, 1.165) is 24.6 Å². The molecule has 1 aliphatic heterocycles. The molecule has 7 nitrogen and oxygen atoms in total. The molecule has 2 aromatic rings. The van der Waals surface area contributed by atoms with Gasteiger partial charge < -0.3 is 5.32 Å². The Morgan fingerprint density at radius 2 is 2.15 bits per heavy atom. The highest BCUT2D eigenvalue weighted by molar-refractivity contribution is 7.89. The van der Waals surface area contributed by atoms with E-state index in [-0.39, 0.29) is 29.3 Å². The molecule has 142 valence electrons. The summed E-state index contributed by atoms with van der Waals surface area (Å²) >= 11 is 1.00. The van der Waals surface area contributed by atoms with Crippen molar-refractivity contribution in [2.45, 2.75) is 50.5 Å². The fourth-order valence-electron chi connectivity index (χ4n) is 3.27. The Balaban J connectivity index is 1.84. The number of unbranched alkanes of at least 4 members (excludes halogenated alkanes) is 1. The predicted octanol–water partition coefficient (Wildman–Crippen LogP) is 2.40. The number of rotatable bonds is 6. The van der Waals surface area contributed by atoms with Crippen molar-refractivity contribution in [3.05, 3.63) is 18.2 Å². The summed E-state index contributed by atoms with van der Waals surface area (Å²) in [6, 6.07) is 4.85. The van der Waals surface area contributed by atoms with Gasteiger partial charge in [-0.2, -0.15) is 13.1 Å². The van der Waals surface area contributed by atoms with Crippen LogP contribution in [0.3, 0.4) is 0 Å². The molecule has 1 aliphatic rings. The molecule has 9 heteroatoms. The van der Waals surface area contributed by atoms with Gasteiger partial charge in [0.25, 0.3) is 0 Å². The highest BCUT2D eigenvalue weighted by Gasteiger charge is 2.38. The van der Waals surface area contributed by atoms with Crippen LogP contribution < -0.4 is 5.32 Å². The Hall–Kier alpha value is -1.58. The lowest BCUT2D eigenvalue weighted by molar-refractivity contribution is -0.126. The van der Waals surface area contributed by atoms with Gasteiger partial charge in [-0.25, -0.2) is 8.42 Å². The van der Waals surface area contributed by atoms with Crippen LogP contribution in [0.5, 0.6) is 0 Å². The zero-order valence-corrected chi connectivity index (χ0v) is 16.6. The Kier molecular flexibility index (Phi) is 5.89. The Labute approximate surface area is 158 Å². The molecule has 1 amide bonds. The fraction of sp³-hybridized carbons (Fsp3) is 0.588. The molecule has 0 saturated carbocycles. The lowest BCUT2D eigenvalue weighted by Crippen LogP contribution is -2.49. The molecule has 1 aromatic carbocycles. The normalized spacial score (nSPS) is 21.8. The second kappa shape index (κ2) is 7.98. The molecule has 0 bridgehead atoms. The summed E-state index contributed by atoms with van der Waals surface area (Å²) in [4.78, 5) is 12.6. The van der Waals surface area contributed by atoms with Crippen molar-refractivity contribution in [3.8, 4) is 0 Å². The van der Waals surface area contributed by atoms with Crippen LogP contribution in [0.2, 0.25) is 0 Å². The number of benzene rings is 1. The number of carbonyl (C=O) groups excluding carboxylic acids is 1. The summed E-state index contributed by atoms with van der Waals surface area (Å²) < 4.78 is 36.3.